The van der Waals surface area contributed by atoms with Crippen LogP contribution in [0.5, 0.6) is 0 Å². The van der Waals surface area contributed by atoms with Crippen molar-refractivity contribution in [2.24, 2.45) is 0 Å². The topological polar surface area (TPSA) is 181 Å². The van der Waals surface area contributed by atoms with Crippen molar-refractivity contribution in [2.45, 2.75) is 39.1 Å². The number of aliphatic hydroxyl groups excluding tert-OH is 3. The van der Waals surface area contributed by atoms with Crippen LogP contribution in [-0.2, 0) is 14.4 Å². The number of hydrogen-bond donors (Lipinski definition) is 3. The predicted molar refractivity (Wildman–Crippen MR) is 50.1 cm³/mol. The number of carboxylic acids is 3. The number of carbonyl (C=O) groups is 3. The number of carboxylic acid groups (broad SMARTS) is 3. The first kappa shape index (κ1) is 27.1. The van der Waals surface area contributed by atoms with E-state index in [1.165, 1.54) is 0 Å². The van der Waals surface area contributed by atoms with Crippen molar-refractivity contribution >= 4 is 17.9 Å². The van der Waals surface area contributed by atoms with Gasteiger partial charge in [0.1, 0.15) is 0 Å². The molecule has 3 N–H and O–H groups in total. The summed E-state index contributed by atoms with van der Waals surface area (Å²) in [5.74, 6) is -4.31. The number of rotatable bonds is 3. The van der Waals surface area contributed by atoms with Crippen molar-refractivity contribution in [3.8, 4) is 0 Å². The third kappa shape index (κ3) is 31.8. The Hall–Kier alpha value is -0.359. The van der Waals surface area contributed by atoms with Crippen LogP contribution in [0.1, 0.15) is 20.8 Å². The maximum absolute atomic E-state index is 9.34. The molecular formula is C9H15NdO9. The molecule has 0 aromatic rings. The number of aliphatic carboxylic acids is 3. The zero-order valence-electron chi connectivity index (χ0n) is 10.5. The Kier molecular flexibility index (Phi) is 22.4. The second-order valence-electron chi connectivity index (χ2n) is 2.99. The van der Waals surface area contributed by atoms with Crippen molar-refractivity contribution in [2.75, 3.05) is 0 Å². The normalized spacial score (nSPS) is 12.9. The molecule has 3 atom stereocenters. The van der Waals surface area contributed by atoms with Crippen LogP contribution < -0.4 is 15.3 Å². The zero-order valence-corrected chi connectivity index (χ0v) is 13.7. The maximum atomic E-state index is 9.34. The van der Waals surface area contributed by atoms with Crippen LogP contribution in [0.3, 0.4) is 0 Å². The first-order valence-electron chi connectivity index (χ1n) is 4.60. The van der Waals surface area contributed by atoms with Gasteiger partial charge < -0.3 is 45.0 Å². The Bertz CT molecular complexity index is 220. The number of aliphatic hydroxyl groups is 3. The van der Waals surface area contributed by atoms with Gasteiger partial charge in [-0.05, 0) is 20.8 Å². The summed E-state index contributed by atoms with van der Waals surface area (Å²) in [6.45, 7) is 3.40. The number of hydrogen-bond acceptors (Lipinski definition) is 9. The van der Waals surface area contributed by atoms with Crippen molar-refractivity contribution < 1.29 is 85.9 Å². The molecule has 0 rings (SSSR count). The Balaban J connectivity index is -0.0000000865. The molecule has 3 unspecified atom stereocenters. The summed E-state index contributed by atoms with van der Waals surface area (Å²) < 4.78 is 0. The zero-order chi connectivity index (χ0) is 15.5. The summed E-state index contributed by atoms with van der Waals surface area (Å²) in [5, 5.41) is 51.9. The third-order valence-corrected chi connectivity index (χ3v) is 1.02. The van der Waals surface area contributed by atoms with E-state index in [-0.39, 0.29) is 40.8 Å². The van der Waals surface area contributed by atoms with E-state index in [9.17, 15) is 29.7 Å². The minimum absolute atomic E-state index is 0. The fourth-order valence-corrected chi connectivity index (χ4v) is 0. The fourth-order valence-electron chi connectivity index (χ4n) is 0. The molecule has 0 spiro atoms. The fraction of sp³-hybridized carbons (Fsp3) is 0.667. The average molecular weight is 411 g/mol. The molecule has 0 amide bonds. The van der Waals surface area contributed by atoms with Crippen LogP contribution in [0.4, 0.5) is 0 Å². The largest absolute Gasteiger partial charge is 3.00 e. The molecule has 0 aromatic carbocycles. The van der Waals surface area contributed by atoms with Crippen LogP contribution in [0.15, 0.2) is 0 Å². The first-order chi connectivity index (χ1) is 7.93. The summed E-state index contributed by atoms with van der Waals surface area (Å²) in [4.78, 5) is 28.0. The van der Waals surface area contributed by atoms with E-state index in [0.29, 0.717) is 0 Å². The van der Waals surface area contributed by atoms with Crippen LogP contribution in [0, 0.1) is 40.8 Å². The van der Waals surface area contributed by atoms with Gasteiger partial charge in [-0.15, -0.1) is 0 Å². The molecule has 109 valence electrons. The van der Waals surface area contributed by atoms with E-state index in [1.807, 2.05) is 0 Å². The smallest absolute Gasteiger partial charge is 0.547 e. The van der Waals surface area contributed by atoms with Crippen molar-refractivity contribution in [3.05, 3.63) is 0 Å². The van der Waals surface area contributed by atoms with Gasteiger partial charge in [0.05, 0.1) is 36.2 Å². The van der Waals surface area contributed by atoms with Crippen LogP contribution in [-0.4, -0.2) is 51.5 Å². The van der Waals surface area contributed by atoms with Crippen LogP contribution >= 0.6 is 0 Å². The Labute approximate surface area is 142 Å². The first-order valence-corrected chi connectivity index (χ1v) is 4.60. The molecule has 0 aliphatic carbocycles. The van der Waals surface area contributed by atoms with Crippen LogP contribution in [0.2, 0.25) is 0 Å². The van der Waals surface area contributed by atoms with E-state index in [2.05, 4.69) is 0 Å². The summed E-state index contributed by atoms with van der Waals surface area (Å²) in [6.07, 6.45) is -4.03. The molecule has 19 heavy (non-hydrogen) atoms. The summed E-state index contributed by atoms with van der Waals surface area (Å²) in [6, 6.07) is 0. The van der Waals surface area contributed by atoms with E-state index >= 15 is 0 Å². The molecule has 1 radical (unpaired) electrons. The van der Waals surface area contributed by atoms with Crippen molar-refractivity contribution in [1.29, 1.82) is 0 Å². The Morgan fingerprint density at radius 2 is 0.737 bits per heavy atom. The van der Waals surface area contributed by atoms with Gasteiger partial charge in [-0.1, -0.05) is 0 Å². The Morgan fingerprint density at radius 1 is 0.684 bits per heavy atom. The molecule has 0 saturated heterocycles. The molecule has 0 aliphatic rings. The van der Waals surface area contributed by atoms with E-state index in [1.54, 1.807) is 0 Å². The Morgan fingerprint density at radius 3 is 0.737 bits per heavy atom. The average Bonchev–Trinajstić information content (AvgIpc) is 2.18. The SMILES string of the molecule is CC(O)C(=O)[O-].CC(O)C(=O)[O-].CC(O)C(=O)[O-].[Nd+3]. The van der Waals surface area contributed by atoms with Crippen LogP contribution in [0.25, 0.3) is 0 Å². The molecule has 0 saturated carbocycles. The van der Waals surface area contributed by atoms with Gasteiger partial charge in [0.15, 0.2) is 0 Å². The molecular weight excluding hydrogens is 396 g/mol. The van der Waals surface area contributed by atoms with Gasteiger partial charge >= 0.3 is 40.8 Å². The minimum atomic E-state index is -1.44. The monoisotopic (exact) mass is 409 g/mol. The van der Waals surface area contributed by atoms with Gasteiger partial charge in [0, 0.05) is 0 Å². The molecule has 0 fully saturated rings. The third-order valence-electron chi connectivity index (χ3n) is 1.02. The molecule has 9 nitrogen and oxygen atoms in total. The molecule has 10 heteroatoms. The molecule has 0 aromatic heterocycles. The second kappa shape index (κ2) is 15.7. The van der Waals surface area contributed by atoms with Gasteiger partial charge in [0.25, 0.3) is 0 Å². The quantitative estimate of drug-likeness (QED) is 0.408. The predicted octanol–water partition coefficient (Wildman–Crippen LogP) is -5.65. The molecule has 0 aliphatic heterocycles. The maximum Gasteiger partial charge on any atom is 3.00 e. The van der Waals surface area contributed by atoms with Gasteiger partial charge in [0.2, 0.25) is 0 Å². The van der Waals surface area contributed by atoms with Gasteiger partial charge in [-0.25, -0.2) is 0 Å². The van der Waals surface area contributed by atoms with E-state index in [4.69, 9.17) is 15.3 Å². The second-order valence-corrected chi connectivity index (χ2v) is 2.99. The summed E-state index contributed by atoms with van der Waals surface area (Å²) in [7, 11) is 0. The number of carbonyl (C=O) groups excluding carboxylic acids is 3. The molecule has 0 heterocycles. The van der Waals surface area contributed by atoms with E-state index < -0.39 is 36.2 Å². The molecule has 0 bridgehead atoms. The summed E-state index contributed by atoms with van der Waals surface area (Å²) >= 11 is 0. The van der Waals surface area contributed by atoms with Gasteiger partial charge in [-0.2, -0.15) is 0 Å². The van der Waals surface area contributed by atoms with Gasteiger partial charge in [-0.3, -0.25) is 0 Å². The minimum Gasteiger partial charge on any atom is -0.547 e. The van der Waals surface area contributed by atoms with E-state index in [0.717, 1.165) is 20.8 Å². The van der Waals surface area contributed by atoms with Crippen molar-refractivity contribution in [1.82, 2.24) is 0 Å². The van der Waals surface area contributed by atoms with Crippen molar-refractivity contribution in [3.63, 3.8) is 0 Å². The summed E-state index contributed by atoms with van der Waals surface area (Å²) in [5.41, 5.74) is 0. The standard InChI is InChI=1S/3C3H6O3.Nd/c3*1-2(4)3(5)6;/h3*2,4H,1H3,(H,5,6);/q;;;+3/p-3.